The molecule has 2 aromatic rings. The van der Waals surface area contributed by atoms with E-state index in [0.29, 0.717) is 11.1 Å². The second kappa shape index (κ2) is 7.46. The minimum atomic E-state index is -1.23. The molecule has 2 N–H and O–H groups in total. The Balaban J connectivity index is 2.07. The minimum Gasteiger partial charge on any atom is -0.387 e. The van der Waals surface area contributed by atoms with E-state index >= 15 is 0 Å². The van der Waals surface area contributed by atoms with Gasteiger partial charge in [-0.3, -0.25) is 10.1 Å². The van der Waals surface area contributed by atoms with Crippen molar-refractivity contribution in [3.8, 4) is 0 Å². The molecule has 0 radical (unpaired) electrons. The number of hydrogen-bond acceptors (Lipinski definition) is 4. The maximum absolute atomic E-state index is 13.6. The van der Waals surface area contributed by atoms with Gasteiger partial charge >= 0.3 is 0 Å². The summed E-state index contributed by atoms with van der Waals surface area (Å²) in [7, 11) is 0. The zero-order valence-corrected chi connectivity index (χ0v) is 13.3. The molecule has 0 heterocycles. The quantitative estimate of drug-likeness (QED) is 0.625. The Kier molecular flexibility index (Phi) is 5.58. The predicted octanol–water partition coefficient (Wildman–Crippen LogP) is 3.57. The number of nitrogens with one attached hydrogen (secondary N) is 1. The fraction of sp³-hybridized carbons (Fsp3) is 0.294. The van der Waals surface area contributed by atoms with Gasteiger partial charge in [-0.25, -0.2) is 8.78 Å². The average Bonchev–Trinajstić information content (AvgIpc) is 2.54. The molecule has 128 valence electrons. The van der Waals surface area contributed by atoms with Gasteiger partial charge in [-0.1, -0.05) is 12.1 Å². The molecular weight excluding hydrogens is 318 g/mol. The molecule has 0 amide bonds. The first-order valence-corrected chi connectivity index (χ1v) is 7.41. The third-order valence-corrected chi connectivity index (χ3v) is 3.86. The minimum absolute atomic E-state index is 0.0119. The average molecular weight is 336 g/mol. The topological polar surface area (TPSA) is 75.4 Å². The van der Waals surface area contributed by atoms with Gasteiger partial charge in [0.15, 0.2) is 0 Å². The van der Waals surface area contributed by atoms with E-state index in [1.165, 1.54) is 6.07 Å². The fourth-order valence-corrected chi connectivity index (χ4v) is 2.38. The van der Waals surface area contributed by atoms with Crippen molar-refractivity contribution in [3.05, 3.63) is 74.8 Å². The molecule has 0 saturated carbocycles. The second-order valence-corrected chi connectivity index (χ2v) is 5.61. The normalized spacial score (nSPS) is 13.5. The second-order valence-electron chi connectivity index (χ2n) is 5.61. The highest BCUT2D eigenvalue weighted by Gasteiger charge is 2.17. The van der Waals surface area contributed by atoms with Crippen molar-refractivity contribution in [2.24, 2.45) is 0 Å². The number of halogens is 2. The number of hydrogen-bond donors (Lipinski definition) is 2. The molecule has 2 atom stereocenters. The van der Waals surface area contributed by atoms with Gasteiger partial charge in [0.1, 0.15) is 11.6 Å². The van der Waals surface area contributed by atoms with E-state index in [9.17, 15) is 24.0 Å². The van der Waals surface area contributed by atoms with Crippen LogP contribution < -0.4 is 5.32 Å². The number of aryl methyl sites for hydroxylation is 1. The highest BCUT2D eigenvalue weighted by molar-refractivity contribution is 5.43. The van der Waals surface area contributed by atoms with Crippen molar-refractivity contribution in [2.75, 3.05) is 6.54 Å². The van der Waals surface area contributed by atoms with Crippen LogP contribution in [-0.2, 0) is 0 Å². The molecule has 24 heavy (non-hydrogen) atoms. The van der Waals surface area contributed by atoms with E-state index in [1.807, 2.05) is 0 Å². The van der Waals surface area contributed by atoms with Gasteiger partial charge in [0.2, 0.25) is 0 Å². The number of nitrogens with zero attached hydrogens (tertiary/aromatic N) is 1. The molecule has 0 fully saturated rings. The summed E-state index contributed by atoms with van der Waals surface area (Å²) < 4.78 is 26.8. The highest BCUT2D eigenvalue weighted by Crippen LogP contribution is 2.24. The Bertz CT molecular complexity index is 753. The third-order valence-electron chi connectivity index (χ3n) is 3.86. The molecule has 0 aliphatic heterocycles. The SMILES string of the molecule is Cc1ccc(C(C)NCC(O)c2cc(F)ccc2F)cc1[N+](=O)[O-]. The van der Waals surface area contributed by atoms with Gasteiger partial charge < -0.3 is 10.4 Å². The number of nitro groups is 1. The molecule has 7 heteroatoms. The molecule has 2 aromatic carbocycles. The van der Waals surface area contributed by atoms with Gasteiger partial charge in [-0.05, 0) is 37.6 Å². The molecule has 0 aliphatic rings. The predicted molar refractivity (Wildman–Crippen MR) is 85.6 cm³/mol. The summed E-state index contributed by atoms with van der Waals surface area (Å²) in [5, 5.41) is 24.0. The van der Waals surface area contributed by atoms with Crippen LogP contribution >= 0.6 is 0 Å². The van der Waals surface area contributed by atoms with E-state index in [2.05, 4.69) is 5.32 Å². The molecule has 2 rings (SSSR count). The molecule has 0 aliphatic carbocycles. The first-order chi connectivity index (χ1) is 11.3. The number of aliphatic hydroxyl groups is 1. The van der Waals surface area contributed by atoms with Crippen molar-refractivity contribution >= 4 is 5.69 Å². The Hall–Kier alpha value is -2.38. The van der Waals surface area contributed by atoms with Crippen molar-refractivity contribution in [1.29, 1.82) is 0 Å². The van der Waals surface area contributed by atoms with Crippen molar-refractivity contribution in [3.63, 3.8) is 0 Å². The zero-order valence-electron chi connectivity index (χ0n) is 13.3. The van der Waals surface area contributed by atoms with E-state index in [4.69, 9.17) is 0 Å². The molecule has 2 unspecified atom stereocenters. The molecule has 0 spiro atoms. The molecular formula is C17H18F2N2O3. The van der Waals surface area contributed by atoms with Crippen LogP contribution in [0.1, 0.15) is 35.8 Å². The number of benzene rings is 2. The molecule has 0 bridgehead atoms. The van der Waals surface area contributed by atoms with E-state index in [1.54, 1.807) is 26.0 Å². The number of aliphatic hydroxyl groups excluding tert-OH is 1. The summed E-state index contributed by atoms with van der Waals surface area (Å²) in [6.45, 7) is 3.39. The van der Waals surface area contributed by atoms with Crippen LogP contribution in [0.3, 0.4) is 0 Å². The lowest BCUT2D eigenvalue weighted by atomic mass is 10.0. The van der Waals surface area contributed by atoms with Crippen LogP contribution in [0.5, 0.6) is 0 Å². The van der Waals surface area contributed by atoms with Gasteiger partial charge in [0.05, 0.1) is 11.0 Å². The van der Waals surface area contributed by atoms with Gasteiger partial charge in [0.25, 0.3) is 5.69 Å². The largest absolute Gasteiger partial charge is 0.387 e. The monoisotopic (exact) mass is 336 g/mol. The van der Waals surface area contributed by atoms with E-state index in [-0.39, 0.29) is 23.8 Å². The number of nitro benzene ring substituents is 1. The Morgan fingerprint density at radius 2 is 1.96 bits per heavy atom. The Morgan fingerprint density at radius 1 is 1.25 bits per heavy atom. The Morgan fingerprint density at radius 3 is 2.62 bits per heavy atom. The molecule has 0 saturated heterocycles. The maximum atomic E-state index is 13.6. The standard InChI is InChI=1S/C17H18F2N2O3/c1-10-3-4-12(7-16(10)21(23)24)11(2)20-9-17(22)14-8-13(18)5-6-15(14)19/h3-8,11,17,20,22H,9H2,1-2H3. The first-order valence-electron chi connectivity index (χ1n) is 7.41. The van der Waals surface area contributed by atoms with Crippen LogP contribution in [-0.4, -0.2) is 16.6 Å². The van der Waals surface area contributed by atoms with Crippen molar-refractivity contribution in [1.82, 2.24) is 5.32 Å². The fourth-order valence-electron chi connectivity index (χ4n) is 2.38. The third kappa shape index (κ3) is 4.12. The summed E-state index contributed by atoms with van der Waals surface area (Å²) in [5.41, 5.74) is 1.10. The van der Waals surface area contributed by atoms with Crippen LogP contribution in [0.15, 0.2) is 36.4 Å². The summed E-state index contributed by atoms with van der Waals surface area (Å²) in [6.07, 6.45) is -1.23. The molecule has 5 nitrogen and oxygen atoms in total. The summed E-state index contributed by atoms with van der Waals surface area (Å²) in [5.74, 6) is -1.32. The lowest BCUT2D eigenvalue weighted by molar-refractivity contribution is -0.385. The van der Waals surface area contributed by atoms with Crippen LogP contribution in [0, 0.1) is 28.7 Å². The van der Waals surface area contributed by atoms with Crippen molar-refractivity contribution in [2.45, 2.75) is 26.0 Å². The Labute approximate surface area is 138 Å². The molecule has 0 aromatic heterocycles. The first kappa shape index (κ1) is 18.0. The van der Waals surface area contributed by atoms with Crippen LogP contribution in [0.2, 0.25) is 0 Å². The van der Waals surface area contributed by atoms with Crippen LogP contribution in [0.4, 0.5) is 14.5 Å². The lowest BCUT2D eigenvalue weighted by Gasteiger charge is -2.18. The zero-order chi connectivity index (χ0) is 17.9. The van der Waals surface area contributed by atoms with E-state index in [0.717, 1.165) is 18.2 Å². The highest BCUT2D eigenvalue weighted by atomic mass is 19.1. The lowest BCUT2D eigenvalue weighted by Crippen LogP contribution is -2.25. The van der Waals surface area contributed by atoms with Gasteiger partial charge in [-0.15, -0.1) is 0 Å². The summed E-state index contributed by atoms with van der Waals surface area (Å²) in [6, 6.07) is 7.43. The van der Waals surface area contributed by atoms with Gasteiger partial charge in [0, 0.05) is 29.8 Å². The van der Waals surface area contributed by atoms with Crippen molar-refractivity contribution < 1.29 is 18.8 Å². The number of rotatable bonds is 6. The van der Waals surface area contributed by atoms with Crippen LogP contribution in [0.25, 0.3) is 0 Å². The maximum Gasteiger partial charge on any atom is 0.272 e. The van der Waals surface area contributed by atoms with E-state index < -0.39 is 22.7 Å². The smallest absolute Gasteiger partial charge is 0.272 e. The van der Waals surface area contributed by atoms with Gasteiger partial charge in [-0.2, -0.15) is 0 Å². The summed E-state index contributed by atoms with van der Waals surface area (Å²) in [4.78, 5) is 10.5. The summed E-state index contributed by atoms with van der Waals surface area (Å²) >= 11 is 0.